The Balaban J connectivity index is 2.63. The highest BCUT2D eigenvalue weighted by molar-refractivity contribution is 5.67. The number of alkyl carbamates (subject to hydrolysis) is 1. The zero-order valence-electron chi connectivity index (χ0n) is 12.2. The largest absolute Gasteiger partial charge is 0.444 e. The molecule has 1 amide bonds. The molecule has 0 fully saturated rings. The third-order valence-corrected chi connectivity index (χ3v) is 2.40. The van der Waals surface area contributed by atoms with Gasteiger partial charge in [0.2, 0.25) is 0 Å². The quantitative estimate of drug-likeness (QED) is 0.877. The third-order valence-electron chi connectivity index (χ3n) is 2.40. The van der Waals surface area contributed by atoms with E-state index in [0.717, 1.165) is 0 Å². The van der Waals surface area contributed by atoms with Gasteiger partial charge in [0.25, 0.3) is 0 Å². The molecule has 5 nitrogen and oxygen atoms in total. The molecule has 21 heavy (non-hydrogen) atoms. The number of hydrogen-bond donors (Lipinski definition) is 2. The molecular weight excluding hydrogens is 282 g/mol. The summed E-state index contributed by atoms with van der Waals surface area (Å²) in [6, 6.07) is 5.50. The second-order valence-electron chi connectivity index (χ2n) is 5.41. The number of ether oxygens (including phenoxy) is 2. The van der Waals surface area contributed by atoms with Crippen molar-refractivity contribution in [1.82, 2.24) is 5.32 Å². The summed E-state index contributed by atoms with van der Waals surface area (Å²) >= 11 is 0. The van der Waals surface area contributed by atoms with Gasteiger partial charge in [-0.25, -0.2) is 4.79 Å². The summed E-state index contributed by atoms with van der Waals surface area (Å²) in [5, 5.41) is 2.49. The van der Waals surface area contributed by atoms with Gasteiger partial charge in [0.15, 0.2) is 0 Å². The molecule has 1 aromatic carbocycles. The average Bonchev–Trinajstić information content (AvgIpc) is 2.34. The first-order valence-corrected chi connectivity index (χ1v) is 6.45. The van der Waals surface area contributed by atoms with Crippen molar-refractivity contribution in [2.24, 2.45) is 5.73 Å². The van der Waals surface area contributed by atoms with E-state index in [4.69, 9.17) is 10.5 Å². The Morgan fingerprint density at radius 1 is 1.33 bits per heavy atom. The lowest BCUT2D eigenvalue weighted by Gasteiger charge is -2.21. The van der Waals surface area contributed by atoms with Crippen LogP contribution in [-0.4, -0.2) is 24.9 Å². The van der Waals surface area contributed by atoms with Gasteiger partial charge in [-0.1, -0.05) is 18.2 Å². The summed E-state index contributed by atoms with van der Waals surface area (Å²) in [6.45, 7) is 2.31. The fraction of sp³-hybridized carbons (Fsp3) is 0.500. The molecule has 0 aromatic heterocycles. The molecule has 3 N–H and O–H groups in total. The van der Waals surface area contributed by atoms with Crippen LogP contribution in [-0.2, 0) is 4.74 Å². The van der Waals surface area contributed by atoms with Crippen LogP contribution in [0.15, 0.2) is 24.3 Å². The van der Waals surface area contributed by atoms with Crippen LogP contribution < -0.4 is 15.8 Å². The van der Waals surface area contributed by atoms with E-state index in [1.165, 1.54) is 6.07 Å². The Labute approximate surface area is 122 Å². The summed E-state index contributed by atoms with van der Waals surface area (Å²) in [5.74, 6) is -0.00834. The zero-order chi connectivity index (χ0) is 16.0. The van der Waals surface area contributed by atoms with Crippen molar-refractivity contribution < 1.29 is 23.0 Å². The Hall–Kier alpha value is -1.89. The SMILES string of the molecule is CC(C)(C)OC(=O)NCC(N)c1ccccc1OC(F)F. The van der Waals surface area contributed by atoms with Crippen molar-refractivity contribution in [3.05, 3.63) is 29.8 Å². The van der Waals surface area contributed by atoms with E-state index < -0.39 is 24.3 Å². The molecule has 0 bridgehead atoms. The zero-order valence-corrected chi connectivity index (χ0v) is 12.2. The number of para-hydroxylation sites is 1. The summed E-state index contributed by atoms with van der Waals surface area (Å²) in [6.07, 6.45) is -0.620. The molecule has 1 unspecified atom stereocenters. The fourth-order valence-corrected chi connectivity index (χ4v) is 1.61. The van der Waals surface area contributed by atoms with Crippen LogP contribution in [0.2, 0.25) is 0 Å². The smallest absolute Gasteiger partial charge is 0.407 e. The third kappa shape index (κ3) is 6.40. The van der Waals surface area contributed by atoms with Gasteiger partial charge < -0.3 is 20.5 Å². The topological polar surface area (TPSA) is 73.6 Å². The molecular formula is C14H20F2N2O3. The van der Waals surface area contributed by atoms with Crippen molar-refractivity contribution in [3.63, 3.8) is 0 Å². The van der Waals surface area contributed by atoms with Crippen LogP contribution in [0.1, 0.15) is 32.4 Å². The number of rotatable bonds is 5. The summed E-state index contributed by atoms with van der Waals surface area (Å²) in [7, 11) is 0. The molecule has 1 rings (SSSR count). The number of alkyl halides is 2. The molecule has 7 heteroatoms. The van der Waals surface area contributed by atoms with Crippen LogP contribution >= 0.6 is 0 Å². The van der Waals surface area contributed by atoms with Crippen LogP contribution in [0.4, 0.5) is 13.6 Å². The minimum absolute atomic E-state index is 0.00834. The maximum atomic E-state index is 12.3. The molecule has 1 atom stereocenters. The van der Waals surface area contributed by atoms with Gasteiger partial charge >= 0.3 is 12.7 Å². The first kappa shape index (κ1) is 17.2. The predicted octanol–water partition coefficient (Wildman–Crippen LogP) is 2.81. The average molecular weight is 302 g/mol. The molecule has 0 heterocycles. The van der Waals surface area contributed by atoms with Crippen LogP contribution in [0.5, 0.6) is 5.75 Å². The molecule has 0 aliphatic carbocycles. The molecule has 0 aliphatic rings. The van der Waals surface area contributed by atoms with E-state index in [-0.39, 0.29) is 12.3 Å². The Morgan fingerprint density at radius 2 is 1.95 bits per heavy atom. The number of nitrogens with two attached hydrogens (primary N) is 1. The molecule has 0 saturated heterocycles. The van der Waals surface area contributed by atoms with Crippen LogP contribution in [0, 0.1) is 0 Å². The lowest BCUT2D eigenvalue weighted by atomic mass is 10.1. The standard InChI is InChI=1S/C14H20F2N2O3/c1-14(2,3)21-13(19)18-8-10(17)9-6-4-5-7-11(9)20-12(15)16/h4-7,10,12H,8,17H2,1-3H3,(H,18,19). The maximum absolute atomic E-state index is 12.3. The number of nitrogens with one attached hydrogen (secondary N) is 1. The highest BCUT2D eigenvalue weighted by Gasteiger charge is 2.19. The second-order valence-corrected chi connectivity index (χ2v) is 5.41. The minimum atomic E-state index is -2.93. The summed E-state index contributed by atoms with van der Waals surface area (Å²) in [5.41, 5.74) is 5.65. The Kier molecular flexibility index (Phi) is 5.90. The van der Waals surface area contributed by atoms with Gasteiger partial charge in [0.05, 0.1) is 6.04 Å². The summed E-state index contributed by atoms with van der Waals surface area (Å²) < 4.78 is 34.1. The molecule has 0 radical (unpaired) electrons. The van der Waals surface area contributed by atoms with Gasteiger partial charge in [-0.15, -0.1) is 0 Å². The first-order chi connectivity index (χ1) is 9.69. The minimum Gasteiger partial charge on any atom is -0.444 e. The summed E-state index contributed by atoms with van der Waals surface area (Å²) in [4.78, 5) is 11.5. The van der Waals surface area contributed by atoms with Crippen LogP contribution in [0.3, 0.4) is 0 Å². The van der Waals surface area contributed by atoms with Crippen molar-refractivity contribution in [2.45, 2.75) is 39.0 Å². The van der Waals surface area contributed by atoms with Crippen molar-refractivity contribution in [3.8, 4) is 5.75 Å². The number of halogens is 2. The Bertz CT molecular complexity index is 476. The van der Waals surface area contributed by atoms with E-state index in [1.54, 1.807) is 39.0 Å². The lowest BCUT2D eigenvalue weighted by molar-refractivity contribution is -0.0506. The monoisotopic (exact) mass is 302 g/mol. The number of benzene rings is 1. The van der Waals surface area contributed by atoms with Crippen molar-refractivity contribution >= 4 is 6.09 Å². The first-order valence-electron chi connectivity index (χ1n) is 6.45. The molecule has 0 saturated carbocycles. The highest BCUT2D eigenvalue weighted by Crippen LogP contribution is 2.24. The second kappa shape index (κ2) is 7.21. The molecule has 1 aromatic rings. The van der Waals surface area contributed by atoms with Crippen LogP contribution in [0.25, 0.3) is 0 Å². The van der Waals surface area contributed by atoms with Gasteiger partial charge in [-0.2, -0.15) is 8.78 Å². The van der Waals surface area contributed by atoms with E-state index >= 15 is 0 Å². The normalized spacial score (nSPS) is 12.9. The van der Waals surface area contributed by atoms with E-state index in [9.17, 15) is 13.6 Å². The van der Waals surface area contributed by atoms with Gasteiger partial charge in [0, 0.05) is 12.1 Å². The van der Waals surface area contributed by atoms with E-state index in [1.807, 2.05) is 0 Å². The number of carbonyl (C=O) groups excluding carboxylic acids is 1. The van der Waals surface area contributed by atoms with Crippen molar-refractivity contribution in [2.75, 3.05) is 6.54 Å². The van der Waals surface area contributed by atoms with Crippen molar-refractivity contribution in [1.29, 1.82) is 0 Å². The number of carbonyl (C=O) groups is 1. The van der Waals surface area contributed by atoms with Gasteiger partial charge in [-0.05, 0) is 26.8 Å². The molecule has 118 valence electrons. The highest BCUT2D eigenvalue weighted by atomic mass is 19.3. The van der Waals surface area contributed by atoms with Gasteiger partial charge in [-0.3, -0.25) is 0 Å². The van der Waals surface area contributed by atoms with Gasteiger partial charge in [0.1, 0.15) is 11.4 Å². The predicted molar refractivity (Wildman–Crippen MR) is 74.2 cm³/mol. The Morgan fingerprint density at radius 3 is 2.52 bits per heavy atom. The number of amides is 1. The maximum Gasteiger partial charge on any atom is 0.407 e. The fourth-order valence-electron chi connectivity index (χ4n) is 1.61. The number of hydrogen-bond acceptors (Lipinski definition) is 4. The lowest BCUT2D eigenvalue weighted by Crippen LogP contribution is -2.36. The molecule has 0 aliphatic heterocycles. The molecule has 0 spiro atoms. The van der Waals surface area contributed by atoms with E-state index in [0.29, 0.717) is 5.56 Å². The van der Waals surface area contributed by atoms with E-state index in [2.05, 4.69) is 10.1 Å².